The second-order valence-corrected chi connectivity index (χ2v) is 9.26. The van der Waals surface area contributed by atoms with Gasteiger partial charge in [-0.3, -0.25) is 0 Å². The van der Waals surface area contributed by atoms with E-state index in [0.717, 1.165) is 5.92 Å². The van der Waals surface area contributed by atoms with Crippen LogP contribution in [0.15, 0.2) is 30.3 Å². The second kappa shape index (κ2) is 11.3. The number of alkyl halides is 1. The lowest BCUT2D eigenvalue weighted by atomic mass is 9.84. The standard InChI is InChI=1S/C21H35Br/c1-4-5-6-7-8-9-10-14-17-20(21(2,3)22)18-19-15-12-11-13-16-19/h11-13,15-16,20H,4-10,14,17-18H2,1-3H3. The van der Waals surface area contributed by atoms with Gasteiger partial charge in [-0.25, -0.2) is 0 Å². The molecular weight excluding hydrogens is 332 g/mol. The van der Waals surface area contributed by atoms with Crippen molar-refractivity contribution in [3.8, 4) is 0 Å². The van der Waals surface area contributed by atoms with Crippen molar-refractivity contribution in [2.75, 3.05) is 0 Å². The third kappa shape index (κ3) is 8.98. The van der Waals surface area contributed by atoms with Gasteiger partial charge >= 0.3 is 0 Å². The third-order valence-corrected chi connectivity index (χ3v) is 5.35. The van der Waals surface area contributed by atoms with Gasteiger partial charge in [0, 0.05) is 4.32 Å². The Hall–Kier alpha value is -0.300. The van der Waals surface area contributed by atoms with E-state index in [9.17, 15) is 0 Å². The molecule has 1 rings (SSSR count). The van der Waals surface area contributed by atoms with E-state index in [1.165, 1.54) is 69.8 Å². The first-order chi connectivity index (χ1) is 10.5. The maximum absolute atomic E-state index is 3.91. The van der Waals surface area contributed by atoms with Gasteiger partial charge in [0.2, 0.25) is 0 Å². The number of hydrogen-bond donors (Lipinski definition) is 0. The lowest BCUT2D eigenvalue weighted by Crippen LogP contribution is -2.26. The van der Waals surface area contributed by atoms with Crippen molar-refractivity contribution in [1.82, 2.24) is 0 Å². The molecule has 0 fully saturated rings. The largest absolute Gasteiger partial charge is 0.0856 e. The lowest BCUT2D eigenvalue weighted by molar-refractivity contribution is 0.380. The minimum absolute atomic E-state index is 0.226. The summed E-state index contributed by atoms with van der Waals surface area (Å²) in [7, 11) is 0. The van der Waals surface area contributed by atoms with Crippen molar-refractivity contribution in [2.45, 2.75) is 89.3 Å². The Morgan fingerprint density at radius 3 is 1.95 bits per heavy atom. The van der Waals surface area contributed by atoms with Gasteiger partial charge in [-0.15, -0.1) is 0 Å². The lowest BCUT2D eigenvalue weighted by Gasteiger charge is -2.29. The van der Waals surface area contributed by atoms with E-state index in [0.29, 0.717) is 0 Å². The summed E-state index contributed by atoms with van der Waals surface area (Å²) < 4.78 is 0.226. The molecule has 1 aromatic carbocycles. The van der Waals surface area contributed by atoms with E-state index in [1.807, 2.05) is 0 Å². The Labute approximate surface area is 147 Å². The summed E-state index contributed by atoms with van der Waals surface area (Å²) in [6, 6.07) is 10.9. The highest BCUT2D eigenvalue weighted by molar-refractivity contribution is 9.10. The van der Waals surface area contributed by atoms with Gasteiger partial charge in [-0.2, -0.15) is 0 Å². The highest BCUT2D eigenvalue weighted by Crippen LogP contribution is 2.33. The van der Waals surface area contributed by atoms with Crippen molar-refractivity contribution in [2.24, 2.45) is 5.92 Å². The molecule has 0 bridgehead atoms. The van der Waals surface area contributed by atoms with Gasteiger partial charge in [0.15, 0.2) is 0 Å². The van der Waals surface area contributed by atoms with Crippen molar-refractivity contribution in [3.05, 3.63) is 35.9 Å². The zero-order valence-corrected chi connectivity index (χ0v) is 16.5. The Morgan fingerprint density at radius 2 is 1.41 bits per heavy atom. The molecule has 126 valence electrons. The number of rotatable bonds is 12. The fourth-order valence-corrected chi connectivity index (χ4v) is 3.50. The average molecular weight is 367 g/mol. The minimum Gasteiger partial charge on any atom is -0.0856 e. The molecule has 0 N–H and O–H groups in total. The van der Waals surface area contributed by atoms with Crippen LogP contribution < -0.4 is 0 Å². The Bertz CT molecular complexity index is 363. The third-order valence-electron chi connectivity index (χ3n) is 4.70. The first kappa shape index (κ1) is 19.7. The maximum atomic E-state index is 3.91. The molecule has 0 aliphatic carbocycles. The summed E-state index contributed by atoms with van der Waals surface area (Å²) >= 11 is 3.91. The number of unbranched alkanes of at least 4 members (excludes halogenated alkanes) is 7. The van der Waals surface area contributed by atoms with E-state index in [2.05, 4.69) is 67.0 Å². The van der Waals surface area contributed by atoms with E-state index >= 15 is 0 Å². The van der Waals surface area contributed by atoms with Gasteiger partial charge in [0.1, 0.15) is 0 Å². The van der Waals surface area contributed by atoms with Gasteiger partial charge in [0.25, 0.3) is 0 Å². The minimum atomic E-state index is 0.226. The van der Waals surface area contributed by atoms with Gasteiger partial charge in [-0.05, 0) is 38.2 Å². The fourth-order valence-electron chi connectivity index (χ4n) is 3.11. The van der Waals surface area contributed by atoms with Crippen LogP contribution in [0.4, 0.5) is 0 Å². The molecule has 0 saturated carbocycles. The van der Waals surface area contributed by atoms with Crippen molar-refractivity contribution in [1.29, 1.82) is 0 Å². The molecule has 1 aromatic rings. The topological polar surface area (TPSA) is 0 Å². The number of halogens is 1. The number of benzene rings is 1. The molecule has 1 heteroatoms. The van der Waals surface area contributed by atoms with E-state index in [4.69, 9.17) is 0 Å². The summed E-state index contributed by atoms with van der Waals surface area (Å²) in [5.74, 6) is 0.718. The molecule has 0 saturated heterocycles. The smallest absolute Gasteiger partial charge is 0.0233 e. The summed E-state index contributed by atoms with van der Waals surface area (Å²) in [5, 5.41) is 0. The van der Waals surface area contributed by atoms with Crippen LogP contribution in [0.2, 0.25) is 0 Å². The normalized spacial score (nSPS) is 13.3. The highest BCUT2D eigenvalue weighted by atomic mass is 79.9. The molecule has 22 heavy (non-hydrogen) atoms. The fraction of sp³-hybridized carbons (Fsp3) is 0.714. The molecule has 0 heterocycles. The summed E-state index contributed by atoms with van der Waals surface area (Å²) in [4.78, 5) is 0. The first-order valence-corrected chi connectivity index (χ1v) is 10.1. The molecule has 0 amide bonds. The SMILES string of the molecule is CCCCCCCCCCC(Cc1ccccc1)C(C)(C)Br. The van der Waals surface area contributed by atoms with Crippen molar-refractivity contribution < 1.29 is 0 Å². The van der Waals surface area contributed by atoms with Crippen molar-refractivity contribution in [3.63, 3.8) is 0 Å². The summed E-state index contributed by atoms with van der Waals surface area (Å²) in [6.45, 7) is 6.94. The zero-order chi connectivity index (χ0) is 16.3. The molecule has 0 aromatic heterocycles. The predicted molar refractivity (Wildman–Crippen MR) is 104 cm³/mol. The first-order valence-electron chi connectivity index (χ1n) is 9.27. The van der Waals surface area contributed by atoms with Crippen molar-refractivity contribution >= 4 is 15.9 Å². The van der Waals surface area contributed by atoms with Crippen LogP contribution >= 0.6 is 15.9 Å². The maximum Gasteiger partial charge on any atom is 0.0233 e. The summed E-state index contributed by atoms with van der Waals surface area (Å²) in [6.07, 6.45) is 13.8. The van der Waals surface area contributed by atoms with E-state index in [-0.39, 0.29) is 4.32 Å². The molecular formula is C21H35Br. The van der Waals surface area contributed by atoms with Crippen LogP contribution in [0.5, 0.6) is 0 Å². The predicted octanol–water partition coefficient (Wildman–Crippen LogP) is 7.55. The van der Waals surface area contributed by atoms with Crippen LogP contribution in [0.1, 0.15) is 84.1 Å². The Morgan fingerprint density at radius 1 is 0.864 bits per heavy atom. The molecule has 1 unspecified atom stereocenters. The highest BCUT2D eigenvalue weighted by Gasteiger charge is 2.26. The molecule has 0 aliphatic rings. The Balaban J connectivity index is 2.25. The van der Waals surface area contributed by atoms with Crippen LogP contribution in [-0.4, -0.2) is 4.32 Å². The molecule has 0 spiro atoms. The van der Waals surface area contributed by atoms with Gasteiger partial charge < -0.3 is 0 Å². The zero-order valence-electron chi connectivity index (χ0n) is 14.9. The van der Waals surface area contributed by atoms with Gasteiger partial charge in [0.05, 0.1) is 0 Å². The molecule has 0 radical (unpaired) electrons. The monoisotopic (exact) mass is 366 g/mol. The number of hydrogen-bond acceptors (Lipinski definition) is 0. The van der Waals surface area contributed by atoms with E-state index < -0.39 is 0 Å². The molecule has 0 nitrogen and oxygen atoms in total. The van der Waals surface area contributed by atoms with Crippen LogP contribution in [0.3, 0.4) is 0 Å². The molecule has 1 atom stereocenters. The van der Waals surface area contributed by atoms with Crippen LogP contribution in [0.25, 0.3) is 0 Å². The van der Waals surface area contributed by atoms with Crippen LogP contribution in [0, 0.1) is 5.92 Å². The Kier molecular flexibility index (Phi) is 10.1. The average Bonchev–Trinajstić information content (AvgIpc) is 2.49. The van der Waals surface area contributed by atoms with Gasteiger partial charge in [-0.1, -0.05) is 105 Å². The van der Waals surface area contributed by atoms with Crippen LogP contribution in [-0.2, 0) is 6.42 Å². The quantitative estimate of drug-likeness (QED) is 0.264. The van der Waals surface area contributed by atoms with E-state index in [1.54, 1.807) is 0 Å². The summed E-state index contributed by atoms with van der Waals surface area (Å²) in [5.41, 5.74) is 1.47. The second-order valence-electron chi connectivity index (χ2n) is 7.21. The molecule has 0 aliphatic heterocycles.